The van der Waals surface area contributed by atoms with Crippen LogP contribution in [0.15, 0.2) is 15.8 Å². The predicted molar refractivity (Wildman–Crippen MR) is 71.8 cm³/mol. The normalized spacial score (nSPS) is 30.7. The van der Waals surface area contributed by atoms with Crippen molar-refractivity contribution in [1.82, 2.24) is 9.55 Å². The molecule has 0 bridgehead atoms. The van der Waals surface area contributed by atoms with Crippen molar-refractivity contribution in [3.05, 3.63) is 30.6 Å². The number of aromatic nitrogens is 2. The average Bonchev–Trinajstić information content (AvgIpc) is 2.70. The fourth-order valence-corrected chi connectivity index (χ4v) is 2.43. The van der Waals surface area contributed by atoms with Crippen LogP contribution >= 0.6 is 22.6 Å². The van der Waals surface area contributed by atoms with Crippen molar-refractivity contribution in [1.29, 1.82) is 0 Å². The zero-order valence-electron chi connectivity index (χ0n) is 9.95. The molecular weight excluding hydrogens is 371 g/mol. The third kappa shape index (κ3) is 2.60. The lowest BCUT2D eigenvalue weighted by Crippen LogP contribution is -2.39. The number of halogens is 1. The molecule has 19 heavy (non-hydrogen) atoms. The summed E-state index contributed by atoms with van der Waals surface area (Å²) in [6, 6.07) is 0. The number of aliphatic hydroxyl groups excluding tert-OH is 2. The monoisotopic (exact) mass is 384 g/mol. The van der Waals surface area contributed by atoms with Gasteiger partial charge in [-0.1, -0.05) is 0 Å². The summed E-state index contributed by atoms with van der Waals surface area (Å²) in [4.78, 5) is 25.2. The van der Waals surface area contributed by atoms with E-state index in [0.29, 0.717) is 3.57 Å². The second-order valence-electron chi connectivity index (χ2n) is 4.08. The van der Waals surface area contributed by atoms with Gasteiger partial charge in [-0.05, 0) is 22.6 Å². The molecule has 0 amide bonds. The molecule has 1 aromatic heterocycles. The summed E-state index contributed by atoms with van der Waals surface area (Å²) < 4.78 is 11.9. The molecule has 1 aliphatic rings. The van der Waals surface area contributed by atoms with Crippen LogP contribution in [0.1, 0.15) is 6.23 Å². The maximum atomic E-state index is 11.8. The van der Waals surface area contributed by atoms with Gasteiger partial charge in [-0.25, -0.2) is 4.79 Å². The highest BCUT2D eigenvalue weighted by molar-refractivity contribution is 14.1. The highest BCUT2D eigenvalue weighted by Crippen LogP contribution is 2.30. The maximum Gasteiger partial charge on any atom is 0.330 e. The minimum atomic E-state index is -1.06. The van der Waals surface area contributed by atoms with Gasteiger partial charge in [-0.3, -0.25) is 14.3 Å². The van der Waals surface area contributed by atoms with Crippen molar-refractivity contribution in [2.75, 3.05) is 13.7 Å². The summed E-state index contributed by atoms with van der Waals surface area (Å²) >= 11 is 1.78. The van der Waals surface area contributed by atoms with E-state index in [2.05, 4.69) is 4.98 Å². The van der Waals surface area contributed by atoms with E-state index in [1.807, 2.05) is 0 Å². The number of aliphatic hydroxyl groups is 2. The lowest BCUT2D eigenvalue weighted by Gasteiger charge is -2.20. The van der Waals surface area contributed by atoms with Crippen LogP contribution in [0.3, 0.4) is 0 Å². The molecule has 0 aliphatic carbocycles. The Morgan fingerprint density at radius 3 is 2.84 bits per heavy atom. The molecule has 1 aliphatic heterocycles. The van der Waals surface area contributed by atoms with Crippen LogP contribution in [-0.2, 0) is 9.47 Å². The van der Waals surface area contributed by atoms with Crippen molar-refractivity contribution in [3.8, 4) is 0 Å². The molecule has 3 N–H and O–H groups in total. The van der Waals surface area contributed by atoms with Gasteiger partial charge < -0.3 is 19.7 Å². The fourth-order valence-electron chi connectivity index (χ4n) is 2.00. The van der Waals surface area contributed by atoms with E-state index in [1.54, 1.807) is 22.6 Å². The van der Waals surface area contributed by atoms with Gasteiger partial charge in [0.25, 0.3) is 5.56 Å². The van der Waals surface area contributed by atoms with Crippen LogP contribution < -0.4 is 11.2 Å². The van der Waals surface area contributed by atoms with E-state index in [9.17, 15) is 14.7 Å². The van der Waals surface area contributed by atoms with Crippen molar-refractivity contribution in [3.63, 3.8) is 0 Å². The van der Waals surface area contributed by atoms with Gasteiger partial charge in [0.2, 0.25) is 0 Å². The van der Waals surface area contributed by atoms with Crippen LogP contribution in [0.25, 0.3) is 0 Å². The number of H-pyrrole nitrogens is 1. The molecule has 1 saturated heterocycles. The molecule has 0 saturated carbocycles. The molecule has 8 nitrogen and oxygen atoms in total. The molecule has 0 spiro atoms. The molecule has 0 unspecified atom stereocenters. The number of ether oxygens (including phenoxy) is 2. The Kier molecular flexibility index (Phi) is 4.40. The van der Waals surface area contributed by atoms with Crippen LogP contribution in [-0.4, -0.2) is 51.8 Å². The number of hydrogen-bond donors (Lipinski definition) is 3. The molecule has 1 aromatic rings. The second-order valence-corrected chi connectivity index (χ2v) is 5.24. The summed E-state index contributed by atoms with van der Waals surface area (Å²) in [6.07, 6.45) is -2.29. The highest BCUT2D eigenvalue weighted by atomic mass is 127. The summed E-state index contributed by atoms with van der Waals surface area (Å²) in [5.41, 5.74) is -1.16. The smallest absolute Gasteiger partial charge is 0.330 e. The average molecular weight is 384 g/mol. The number of nitrogens with zero attached hydrogens (tertiary/aromatic N) is 1. The minimum Gasteiger partial charge on any atom is -0.394 e. The van der Waals surface area contributed by atoms with Crippen LogP contribution in [0.5, 0.6) is 0 Å². The quantitative estimate of drug-likeness (QED) is 0.542. The third-order valence-electron chi connectivity index (χ3n) is 2.96. The van der Waals surface area contributed by atoms with E-state index in [4.69, 9.17) is 14.6 Å². The van der Waals surface area contributed by atoms with E-state index in [0.717, 1.165) is 4.57 Å². The summed E-state index contributed by atoms with van der Waals surface area (Å²) in [5, 5.41) is 19.0. The van der Waals surface area contributed by atoms with Gasteiger partial charge in [0.15, 0.2) is 6.23 Å². The maximum absolute atomic E-state index is 11.8. The number of methoxy groups -OCH3 is 1. The van der Waals surface area contributed by atoms with Crippen molar-refractivity contribution in [2.45, 2.75) is 24.5 Å². The van der Waals surface area contributed by atoms with Gasteiger partial charge in [-0.2, -0.15) is 0 Å². The highest BCUT2D eigenvalue weighted by Gasteiger charge is 2.45. The van der Waals surface area contributed by atoms with Gasteiger partial charge >= 0.3 is 5.69 Å². The number of aromatic amines is 1. The fraction of sp³-hybridized carbons (Fsp3) is 0.600. The Balaban J connectivity index is 2.44. The molecule has 4 atom stereocenters. The van der Waals surface area contributed by atoms with Crippen molar-refractivity contribution < 1.29 is 19.7 Å². The lowest BCUT2D eigenvalue weighted by molar-refractivity contribution is -0.0626. The lowest BCUT2D eigenvalue weighted by atomic mass is 10.1. The topological polar surface area (TPSA) is 114 Å². The molecular formula is C10H13IN2O6. The predicted octanol–water partition coefficient (Wildman–Crippen LogP) is -1.59. The Bertz CT molecular complexity index is 570. The first-order valence-corrected chi connectivity index (χ1v) is 6.55. The minimum absolute atomic E-state index is 0.303. The van der Waals surface area contributed by atoms with E-state index in [1.165, 1.54) is 13.3 Å². The number of nitrogens with one attached hydrogen (secondary N) is 1. The number of hydrogen-bond acceptors (Lipinski definition) is 6. The molecule has 1 fully saturated rings. The molecule has 9 heteroatoms. The van der Waals surface area contributed by atoms with Crippen molar-refractivity contribution in [2.24, 2.45) is 0 Å². The first-order chi connectivity index (χ1) is 8.99. The van der Waals surface area contributed by atoms with Crippen LogP contribution in [0.2, 0.25) is 0 Å². The number of rotatable bonds is 3. The molecule has 0 aromatic carbocycles. The Morgan fingerprint density at radius 2 is 2.26 bits per heavy atom. The Labute approximate surface area is 121 Å². The summed E-state index contributed by atoms with van der Waals surface area (Å²) in [5.74, 6) is 0. The van der Waals surface area contributed by atoms with E-state index < -0.39 is 42.4 Å². The third-order valence-corrected chi connectivity index (χ3v) is 3.73. The Hall–Kier alpha value is -0.750. The van der Waals surface area contributed by atoms with E-state index >= 15 is 0 Å². The van der Waals surface area contributed by atoms with Crippen LogP contribution in [0, 0.1) is 3.57 Å². The standard InChI is InChI=1S/C10H13IN2O6/c1-18-7-6(15)5(3-14)19-9(7)13-2-4(11)8(16)12-10(13)17/h2,5-7,9,14-15H,3H2,1H3,(H,12,16,17)/t5-,6+,7+,9-/m1/s1. The second kappa shape index (κ2) is 5.71. The van der Waals surface area contributed by atoms with Crippen LogP contribution in [0.4, 0.5) is 0 Å². The zero-order valence-corrected chi connectivity index (χ0v) is 12.1. The largest absolute Gasteiger partial charge is 0.394 e. The van der Waals surface area contributed by atoms with Gasteiger partial charge in [0.05, 0.1) is 10.2 Å². The van der Waals surface area contributed by atoms with E-state index in [-0.39, 0.29) is 0 Å². The first kappa shape index (κ1) is 14.7. The van der Waals surface area contributed by atoms with Gasteiger partial charge in [0, 0.05) is 13.3 Å². The molecule has 2 heterocycles. The zero-order chi connectivity index (χ0) is 14.2. The molecule has 106 valence electrons. The molecule has 2 rings (SSSR count). The van der Waals surface area contributed by atoms with Gasteiger partial charge in [-0.15, -0.1) is 0 Å². The SMILES string of the molecule is CO[C@H]1[C@@H](O)[C@@H](CO)O[C@H]1n1cc(I)c(=O)[nH]c1=O. The first-order valence-electron chi connectivity index (χ1n) is 5.47. The Morgan fingerprint density at radius 1 is 1.58 bits per heavy atom. The summed E-state index contributed by atoms with van der Waals surface area (Å²) in [6.45, 7) is -0.396. The molecule has 0 radical (unpaired) electrons. The summed E-state index contributed by atoms with van der Waals surface area (Å²) in [7, 11) is 1.37. The van der Waals surface area contributed by atoms with Crippen molar-refractivity contribution >= 4 is 22.6 Å². The van der Waals surface area contributed by atoms with Gasteiger partial charge in [0.1, 0.15) is 18.3 Å².